The van der Waals surface area contributed by atoms with Crippen LogP contribution in [0.3, 0.4) is 0 Å². The Morgan fingerprint density at radius 3 is 2.44 bits per heavy atom. The van der Waals surface area contributed by atoms with Gasteiger partial charge in [-0.1, -0.05) is 23.1 Å². The van der Waals surface area contributed by atoms with E-state index in [0.717, 1.165) is 16.7 Å². The van der Waals surface area contributed by atoms with Crippen LogP contribution < -0.4 is 5.46 Å². The third-order valence-electron chi connectivity index (χ3n) is 1.85. The maximum absolute atomic E-state index is 6.12. The summed E-state index contributed by atoms with van der Waals surface area (Å²) in [5, 5.41) is 4.85. The van der Waals surface area contributed by atoms with E-state index in [4.69, 9.17) is 11.6 Å². The Balaban J connectivity index is 2.90. The van der Waals surface area contributed by atoms with Crippen LogP contribution in [0.5, 0.6) is 0 Å². The first-order chi connectivity index (χ1) is 7.29. The Kier molecular flexibility index (Phi) is 4.45. The van der Waals surface area contributed by atoms with Crippen molar-refractivity contribution < 1.29 is 0 Å². The van der Waals surface area contributed by atoms with Crippen LogP contribution in [-0.4, -0.2) is 12.6 Å². The monoisotopic (exact) mass is 254 g/mol. The predicted molar refractivity (Wildman–Crippen MR) is 76.2 cm³/mol. The number of aryl methyl sites for hydroxylation is 1. The van der Waals surface area contributed by atoms with Crippen LogP contribution in [-0.2, 0) is 0 Å². The average Bonchev–Trinajstić information content (AvgIpc) is 2.07. The lowest BCUT2D eigenvalue weighted by atomic mass is 9.94. The first-order valence-electron chi connectivity index (χ1n) is 5.15. The summed E-state index contributed by atoms with van der Waals surface area (Å²) in [6.45, 7) is 8.29. The number of hydrogen-bond acceptors (Lipinski definition) is 3. The highest BCUT2D eigenvalue weighted by Gasteiger charge is 2.10. The van der Waals surface area contributed by atoms with Crippen LogP contribution in [0.1, 0.15) is 26.3 Å². The molecule has 0 amide bonds. The molecule has 0 aliphatic heterocycles. The van der Waals surface area contributed by atoms with Crippen LogP contribution >= 0.6 is 23.5 Å². The van der Waals surface area contributed by atoms with Crippen molar-refractivity contribution in [1.82, 2.24) is 0 Å². The van der Waals surface area contributed by atoms with Gasteiger partial charge in [-0.15, -0.1) is 9.63 Å². The van der Waals surface area contributed by atoms with E-state index in [1.54, 1.807) is 0 Å². The molecule has 0 fully saturated rings. The molecule has 1 aromatic carbocycles. The molecule has 0 saturated heterocycles. The second-order valence-electron chi connectivity index (χ2n) is 4.80. The number of hydrogen-bond donors (Lipinski definition) is 0. The summed E-state index contributed by atoms with van der Waals surface area (Å²) in [7, 11) is 2.02. The van der Waals surface area contributed by atoms with Crippen molar-refractivity contribution in [1.29, 1.82) is 0 Å². The SMILES string of the molecule is Bc1cc(C)c(/N=N/SC(C)(C)C)c(Cl)c1. The van der Waals surface area contributed by atoms with E-state index in [1.165, 1.54) is 11.9 Å². The molecule has 16 heavy (non-hydrogen) atoms. The Bertz CT molecular complexity index is 390. The molecule has 0 aliphatic rings. The maximum Gasteiger partial charge on any atom is 0.139 e. The van der Waals surface area contributed by atoms with Gasteiger partial charge in [0.1, 0.15) is 13.5 Å². The molecular weight excluding hydrogens is 238 g/mol. The molecule has 0 bridgehead atoms. The molecule has 0 spiro atoms. The highest BCUT2D eigenvalue weighted by atomic mass is 35.5. The fourth-order valence-electron chi connectivity index (χ4n) is 1.22. The van der Waals surface area contributed by atoms with Gasteiger partial charge in [0.15, 0.2) is 0 Å². The van der Waals surface area contributed by atoms with Crippen molar-refractivity contribution in [3.63, 3.8) is 0 Å². The van der Waals surface area contributed by atoms with Crippen molar-refractivity contribution in [3.05, 3.63) is 22.7 Å². The molecule has 1 rings (SSSR count). The standard InChI is InChI=1S/C11H16BClN2S/c1-7-5-8(12)6-9(13)10(7)14-15-16-11(2,3)4/h5-6H,12H2,1-4H3/b15-14+. The summed E-state index contributed by atoms with van der Waals surface area (Å²) in [5.41, 5.74) is 2.97. The summed E-state index contributed by atoms with van der Waals surface area (Å²) < 4.78 is 4.20. The molecule has 2 nitrogen and oxygen atoms in total. The van der Waals surface area contributed by atoms with Crippen molar-refractivity contribution in [2.45, 2.75) is 32.4 Å². The third kappa shape index (κ3) is 4.18. The summed E-state index contributed by atoms with van der Waals surface area (Å²) >= 11 is 7.57. The molecule has 0 N–H and O–H groups in total. The van der Waals surface area contributed by atoms with Gasteiger partial charge in [-0.25, -0.2) is 0 Å². The topological polar surface area (TPSA) is 24.7 Å². The molecule has 1 aromatic rings. The van der Waals surface area contributed by atoms with Gasteiger partial charge in [0.2, 0.25) is 0 Å². The van der Waals surface area contributed by atoms with Crippen molar-refractivity contribution >= 4 is 42.5 Å². The van der Waals surface area contributed by atoms with Crippen LogP contribution in [0.2, 0.25) is 5.02 Å². The van der Waals surface area contributed by atoms with Gasteiger partial charge in [0.25, 0.3) is 0 Å². The normalized spacial score (nSPS) is 12.3. The van der Waals surface area contributed by atoms with Crippen LogP contribution in [0.4, 0.5) is 5.69 Å². The second kappa shape index (κ2) is 5.24. The van der Waals surface area contributed by atoms with Gasteiger partial charge in [-0.05, 0) is 39.3 Å². The predicted octanol–water partition coefficient (Wildman–Crippen LogP) is 3.44. The molecule has 0 atom stereocenters. The largest absolute Gasteiger partial charge is 0.142 e. The summed E-state index contributed by atoms with van der Waals surface area (Å²) in [6, 6.07) is 3.96. The lowest BCUT2D eigenvalue weighted by Gasteiger charge is -2.11. The highest BCUT2D eigenvalue weighted by molar-refractivity contribution is 7.99. The zero-order chi connectivity index (χ0) is 12.3. The first-order valence-corrected chi connectivity index (χ1v) is 6.31. The average molecular weight is 255 g/mol. The molecule has 0 unspecified atom stereocenters. The number of rotatable bonds is 2. The lowest BCUT2D eigenvalue weighted by Crippen LogP contribution is -2.04. The summed E-state index contributed by atoms with van der Waals surface area (Å²) in [6.07, 6.45) is 0. The fraction of sp³-hybridized carbons (Fsp3) is 0.455. The Hall–Kier alpha value is -0.475. The Morgan fingerprint density at radius 1 is 1.31 bits per heavy atom. The van der Waals surface area contributed by atoms with Gasteiger partial charge in [-0.2, -0.15) is 0 Å². The maximum atomic E-state index is 6.12. The van der Waals surface area contributed by atoms with E-state index in [-0.39, 0.29) is 4.75 Å². The van der Waals surface area contributed by atoms with Crippen LogP contribution in [0.25, 0.3) is 0 Å². The van der Waals surface area contributed by atoms with Crippen LogP contribution in [0, 0.1) is 6.92 Å². The molecular formula is C11H16BClN2S. The van der Waals surface area contributed by atoms with Gasteiger partial charge in [-0.3, -0.25) is 0 Å². The van der Waals surface area contributed by atoms with Gasteiger partial charge in [0.05, 0.1) is 5.02 Å². The number of nitrogens with zero attached hydrogens (tertiary/aromatic N) is 2. The Labute approximate surface area is 107 Å². The molecule has 86 valence electrons. The third-order valence-corrected chi connectivity index (χ3v) is 2.85. The van der Waals surface area contributed by atoms with Gasteiger partial charge in [0, 0.05) is 16.7 Å². The van der Waals surface area contributed by atoms with E-state index in [0.29, 0.717) is 5.02 Å². The summed E-state index contributed by atoms with van der Waals surface area (Å²) in [4.78, 5) is 0. The van der Waals surface area contributed by atoms with E-state index >= 15 is 0 Å². The molecule has 0 radical (unpaired) electrons. The first kappa shape index (κ1) is 13.6. The summed E-state index contributed by atoms with van der Waals surface area (Å²) in [5.74, 6) is 0. The second-order valence-corrected chi connectivity index (χ2v) is 6.78. The number of halogens is 1. The zero-order valence-electron chi connectivity index (χ0n) is 10.3. The van der Waals surface area contributed by atoms with Gasteiger partial charge >= 0.3 is 0 Å². The minimum absolute atomic E-state index is 0.0780. The fourth-order valence-corrected chi connectivity index (χ4v) is 1.94. The van der Waals surface area contributed by atoms with Crippen molar-refractivity contribution in [2.75, 3.05) is 0 Å². The molecule has 0 heterocycles. The molecule has 0 aliphatic carbocycles. The van der Waals surface area contributed by atoms with Crippen molar-refractivity contribution in [2.24, 2.45) is 9.63 Å². The Morgan fingerprint density at radius 2 is 1.94 bits per heavy atom. The van der Waals surface area contributed by atoms with E-state index in [9.17, 15) is 0 Å². The van der Waals surface area contributed by atoms with Crippen molar-refractivity contribution in [3.8, 4) is 0 Å². The highest BCUT2D eigenvalue weighted by Crippen LogP contribution is 2.31. The van der Waals surface area contributed by atoms with E-state index in [1.807, 2.05) is 20.8 Å². The lowest BCUT2D eigenvalue weighted by molar-refractivity contribution is 0.802. The minimum Gasteiger partial charge on any atom is -0.142 e. The quantitative estimate of drug-likeness (QED) is 0.451. The zero-order valence-corrected chi connectivity index (χ0v) is 11.9. The van der Waals surface area contributed by atoms with Gasteiger partial charge < -0.3 is 0 Å². The van der Waals surface area contributed by atoms with E-state index in [2.05, 4.69) is 36.5 Å². The molecule has 0 aromatic heterocycles. The molecule has 5 heteroatoms. The minimum atomic E-state index is 0.0780. The smallest absolute Gasteiger partial charge is 0.139 e. The van der Waals surface area contributed by atoms with E-state index < -0.39 is 0 Å². The number of benzene rings is 1. The van der Waals surface area contributed by atoms with Crippen LogP contribution in [0.15, 0.2) is 21.8 Å². The molecule has 0 saturated carbocycles.